The van der Waals surface area contributed by atoms with Gasteiger partial charge < -0.3 is 5.73 Å². The van der Waals surface area contributed by atoms with Crippen molar-refractivity contribution in [2.45, 2.75) is 19.9 Å². The second-order valence-electron chi connectivity index (χ2n) is 3.88. The summed E-state index contributed by atoms with van der Waals surface area (Å²) in [6.45, 7) is 3.83. The zero-order valence-electron chi connectivity index (χ0n) is 9.68. The molecule has 0 aliphatic rings. The summed E-state index contributed by atoms with van der Waals surface area (Å²) >= 11 is 5.78. The summed E-state index contributed by atoms with van der Waals surface area (Å²) in [6, 6.07) is 3.49. The molecule has 5 heteroatoms. The van der Waals surface area contributed by atoms with Gasteiger partial charge in [-0.1, -0.05) is 11.6 Å². The standard InChI is InChI=1S/C12H13ClN4/c1-7(14)10-6-16-12(17-8(10)2)11-4-3-9(13)5-15-11/h3-7H,14H2,1-2H3/t7-/m0/s1. The van der Waals surface area contributed by atoms with Gasteiger partial charge in [-0.05, 0) is 26.0 Å². The summed E-state index contributed by atoms with van der Waals surface area (Å²) < 4.78 is 0. The van der Waals surface area contributed by atoms with Crippen LogP contribution in [0.25, 0.3) is 11.5 Å². The van der Waals surface area contributed by atoms with Crippen molar-refractivity contribution < 1.29 is 0 Å². The van der Waals surface area contributed by atoms with Crippen LogP contribution in [0, 0.1) is 6.92 Å². The van der Waals surface area contributed by atoms with Gasteiger partial charge in [-0.3, -0.25) is 4.98 Å². The molecule has 0 unspecified atom stereocenters. The van der Waals surface area contributed by atoms with Gasteiger partial charge in [0.05, 0.1) is 5.02 Å². The molecule has 0 radical (unpaired) electrons. The number of aryl methyl sites for hydroxylation is 1. The highest BCUT2D eigenvalue weighted by Gasteiger charge is 2.09. The Morgan fingerprint density at radius 2 is 2.00 bits per heavy atom. The number of hydrogen-bond donors (Lipinski definition) is 1. The van der Waals surface area contributed by atoms with Crippen LogP contribution in [0.3, 0.4) is 0 Å². The number of nitrogens with two attached hydrogens (primary N) is 1. The van der Waals surface area contributed by atoms with Crippen molar-refractivity contribution in [3.63, 3.8) is 0 Å². The van der Waals surface area contributed by atoms with Gasteiger partial charge in [0, 0.05) is 29.7 Å². The zero-order chi connectivity index (χ0) is 12.4. The molecule has 0 saturated heterocycles. The lowest BCUT2D eigenvalue weighted by atomic mass is 10.1. The van der Waals surface area contributed by atoms with E-state index in [1.54, 1.807) is 24.5 Å². The second kappa shape index (κ2) is 4.77. The molecule has 4 nitrogen and oxygen atoms in total. The first-order chi connectivity index (χ1) is 8.08. The molecular weight excluding hydrogens is 236 g/mol. The van der Waals surface area contributed by atoms with Gasteiger partial charge in [0.25, 0.3) is 0 Å². The first kappa shape index (κ1) is 12.0. The van der Waals surface area contributed by atoms with E-state index in [1.165, 1.54) is 0 Å². The molecule has 1 atom stereocenters. The predicted molar refractivity (Wildman–Crippen MR) is 67.6 cm³/mol. The lowest BCUT2D eigenvalue weighted by Gasteiger charge is -2.09. The van der Waals surface area contributed by atoms with Crippen LogP contribution < -0.4 is 5.73 Å². The second-order valence-corrected chi connectivity index (χ2v) is 4.32. The van der Waals surface area contributed by atoms with E-state index in [2.05, 4.69) is 15.0 Å². The average molecular weight is 249 g/mol. The minimum Gasteiger partial charge on any atom is -0.324 e. The fourth-order valence-corrected chi connectivity index (χ4v) is 1.67. The Morgan fingerprint density at radius 1 is 1.24 bits per heavy atom. The molecule has 0 amide bonds. The minimum atomic E-state index is -0.0674. The van der Waals surface area contributed by atoms with Gasteiger partial charge in [0.15, 0.2) is 5.82 Å². The number of aromatic nitrogens is 3. The van der Waals surface area contributed by atoms with E-state index >= 15 is 0 Å². The van der Waals surface area contributed by atoms with E-state index in [0.717, 1.165) is 11.3 Å². The van der Waals surface area contributed by atoms with Crippen molar-refractivity contribution in [3.8, 4) is 11.5 Å². The van der Waals surface area contributed by atoms with E-state index in [0.29, 0.717) is 16.5 Å². The van der Waals surface area contributed by atoms with Crippen LogP contribution in [0.5, 0.6) is 0 Å². The summed E-state index contributed by atoms with van der Waals surface area (Å²) in [7, 11) is 0. The Kier molecular flexibility index (Phi) is 3.36. The van der Waals surface area contributed by atoms with Crippen molar-refractivity contribution in [2.75, 3.05) is 0 Å². The smallest absolute Gasteiger partial charge is 0.178 e. The highest BCUT2D eigenvalue weighted by atomic mass is 35.5. The van der Waals surface area contributed by atoms with Gasteiger partial charge in [-0.15, -0.1) is 0 Å². The molecule has 0 aliphatic carbocycles. The molecule has 0 fully saturated rings. The topological polar surface area (TPSA) is 64.7 Å². The highest BCUT2D eigenvalue weighted by molar-refractivity contribution is 6.30. The Balaban J connectivity index is 2.41. The predicted octanol–water partition coefficient (Wildman–Crippen LogP) is 2.52. The van der Waals surface area contributed by atoms with Gasteiger partial charge in [-0.2, -0.15) is 0 Å². The van der Waals surface area contributed by atoms with Gasteiger partial charge >= 0.3 is 0 Å². The largest absolute Gasteiger partial charge is 0.324 e. The molecule has 2 aromatic heterocycles. The quantitative estimate of drug-likeness (QED) is 0.887. The van der Waals surface area contributed by atoms with Gasteiger partial charge in [-0.25, -0.2) is 9.97 Å². The average Bonchev–Trinajstić information content (AvgIpc) is 2.29. The number of rotatable bonds is 2. The van der Waals surface area contributed by atoms with Crippen LogP contribution in [0.2, 0.25) is 5.02 Å². The minimum absolute atomic E-state index is 0.0674. The Hall–Kier alpha value is -1.52. The van der Waals surface area contributed by atoms with Crippen molar-refractivity contribution in [2.24, 2.45) is 5.73 Å². The first-order valence-corrected chi connectivity index (χ1v) is 5.67. The van der Waals surface area contributed by atoms with E-state index in [-0.39, 0.29) is 6.04 Å². The molecule has 17 heavy (non-hydrogen) atoms. The van der Waals surface area contributed by atoms with E-state index in [4.69, 9.17) is 17.3 Å². The molecule has 2 N–H and O–H groups in total. The molecule has 0 aromatic carbocycles. The number of pyridine rings is 1. The van der Waals surface area contributed by atoms with Gasteiger partial charge in [0.2, 0.25) is 0 Å². The molecule has 2 aromatic rings. The first-order valence-electron chi connectivity index (χ1n) is 5.29. The summed E-state index contributed by atoms with van der Waals surface area (Å²) in [5.74, 6) is 0.587. The van der Waals surface area contributed by atoms with E-state index in [9.17, 15) is 0 Å². The fraction of sp³-hybridized carbons (Fsp3) is 0.250. The SMILES string of the molecule is Cc1nc(-c2ccc(Cl)cn2)ncc1[C@H](C)N. The summed E-state index contributed by atoms with van der Waals surface area (Å²) in [4.78, 5) is 12.8. The van der Waals surface area contributed by atoms with Crippen molar-refractivity contribution in [1.82, 2.24) is 15.0 Å². The molecule has 0 bridgehead atoms. The van der Waals surface area contributed by atoms with Crippen LogP contribution in [0.15, 0.2) is 24.5 Å². The third-order valence-electron chi connectivity index (χ3n) is 2.46. The lowest BCUT2D eigenvalue weighted by Crippen LogP contribution is -2.09. The Morgan fingerprint density at radius 3 is 2.53 bits per heavy atom. The molecule has 2 rings (SSSR count). The fourth-order valence-electron chi connectivity index (χ4n) is 1.55. The third-order valence-corrected chi connectivity index (χ3v) is 2.69. The van der Waals surface area contributed by atoms with E-state index < -0.39 is 0 Å². The zero-order valence-corrected chi connectivity index (χ0v) is 10.4. The molecule has 0 saturated carbocycles. The Labute approximate surface area is 105 Å². The van der Waals surface area contributed by atoms with Crippen molar-refractivity contribution >= 4 is 11.6 Å². The normalized spacial score (nSPS) is 12.5. The molecule has 88 valence electrons. The third kappa shape index (κ3) is 2.60. The molecule has 0 aliphatic heterocycles. The lowest BCUT2D eigenvalue weighted by molar-refractivity contribution is 0.790. The van der Waals surface area contributed by atoms with Crippen molar-refractivity contribution in [3.05, 3.63) is 40.8 Å². The molecular formula is C12H13ClN4. The van der Waals surface area contributed by atoms with Crippen LogP contribution in [-0.4, -0.2) is 15.0 Å². The number of nitrogens with zero attached hydrogens (tertiary/aromatic N) is 3. The molecule has 0 spiro atoms. The van der Waals surface area contributed by atoms with Crippen LogP contribution in [0.1, 0.15) is 24.2 Å². The highest BCUT2D eigenvalue weighted by Crippen LogP contribution is 2.18. The van der Waals surface area contributed by atoms with Crippen LogP contribution in [-0.2, 0) is 0 Å². The summed E-state index contributed by atoms with van der Waals surface area (Å²) in [6.07, 6.45) is 3.33. The monoisotopic (exact) mass is 248 g/mol. The Bertz CT molecular complexity index is 523. The number of halogens is 1. The molecule has 2 heterocycles. The maximum absolute atomic E-state index is 5.81. The van der Waals surface area contributed by atoms with Crippen molar-refractivity contribution in [1.29, 1.82) is 0 Å². The maximum atomic E-state index is 5.81. The van der Waals surface area contributed by atoms with Gasteiger partial charge in [0.1, 0.15) is 5.69 Å². The van der Waals surface area contributed by atoms with E-state index in [1.807, 2.05) is 13.8 Å². The number of hydrogen-bond acceptors (Lipinski definition) is 4. The maximum Gasteiger partial charge on any atom is 0.178 e. The van der Waals surface area contributed by atoms with Crippen LogP contribution in [0.4, 0.5) is 0 Å². The summed E-state index contributed by atoms with van der Waals surface area (Å²) in [5.41, 5.74) is 8.34. The van der Waals surface area contributed by atoms with Crippen LogP contribution >= 0.6 is 11.6 Å². The summed E-state index contributed by atoms with van der Waals surface area (Å²) in [5, 5.41) is 0.595.